The first-order valence-corrected chi connectivity index (χ1v) is 4.27. The second-order valence-corrected chi connectivity index (χ2v) is 3.08. The highest BCUT2D eigenvalue weighted by Crippen LogP contribution is 2.38. The zero-order valence-corrected chi connectivity index (χ0v) is 8.14. The first kappa shape index (κ1) is 10.1. The monoisotopic (exact) mass is 222 g/mol. The summed E-state index contributed by atoms with van der Waals surface area (Å²) in [5.41, 5.74) is -0.583. The molecule has 1 amide bonds. The van der Waals surface area contributed by atoms with Gasteiger partial charge in [0.1, 0.15) is 5.56 Å². The molecule has 2 rings (SSSR count). The lowest BCUT2D eigenvalue weighted by molar-refractivity contribution is -0.385. The number of hydrogen-bond acceptors (Lipinski definition) is 5. The molecule has 0 atom stereocenters. The molecule has 16 heavy (non-hydrogen) atoms. The Hall–Kier alpha value is -2.44. The van der Waals surface area contributed by atoms with E-state index in [9.17, 15) is 19.7 Å². The first-order valence-electron chi connectivity index (χ1n) is 4.27. The van der Waals surface area contributed by atoms with E-state index in [2.05, 4.69) is 5.32 Å². The number of nitrogens with one attached hydrogen (secondary N) is 1. The fraction of sp³-hybridized carbons (Fsp3) is 0.111. The summed E-state index contributed by atoms with van der Waals surface area (Å²) >= 11 is 0. The highest BCUT2D eigenvalue weighted by atomic mass is 16.6. The van der Waals surface area contributed by atoms with Crippen LogP contribution in [-0.2, 0) is 4.79 Å². The standard InChI is InChI=1S/C9H6N2O5/c1-16-5-3-2-4-6(7(5)11(14)15)8(12)9(13)10-4/h2-3H,1H3,(H,10,12,13). The van der Waals surface area contributed by atoms with Crippen LogP contribution < -0.4 is 10.1 Å². The number of nitro groups is 1. The van der Waals surface area contributed by atoms with Crippen LogP contribution in [0.25, 0.3) is 0 Å². The molecule has 1 aromatic rings. The van der Waals surface area contributed by atoms with Gasteiger partial charge in [0, 0.05) is 0 Å². The van der Waals surface area contributed by atoms with Gasteiger partial charge in [0.05, 0.1) is 17.7 Å². The maximum absolute atomic E-state index is 11.4. The molecule has 0 unspecified atom stereocenters. The van der Waals surface area contributed by atoms with Gasteiger partial charge >= 0.3 is 5.69 Å². The van der Waals surface area contributed by atoms with Gasteiger partial charge in [-0.1, -0.05) is 0 Å². The number of ether oxygens (including phenoxy) is 1. The van der Waals surface area contributed by atoms with Gasteiger partial charge in [0.15, 0.2) is 5.75 Å². The van der Waals surface area contributed by atoms with Crippen molar-refractivity contribution in [2.45, 2.75) is 0 Å². The number of ketones is 1. The molecule has 0 radical (unpaired) electrons. The number of amides is 1. The molecule has 0 aliphatic carbocycles. The summed E-state index contributed by atoms with van der Waals surface area (Å²) < 4.78 is 4.78. The Morgan fingerprint density at radius 1 is 1.38 bits per heavy atom. The smallest absolute Gasteiger partial charge is 0.324 e. The van der Waals surface area contributed by atoms with E-state index in [0.717, 1.165) is 0 Å². The normalized spacial score (nSPS) is 13.3. The number of methoxy groups -OCH3 is 1. The minimum atomic E-state index is -0.916. The molecule has 7 heteroatoms. The van der Waals surface area contributed by atoms with Gasteiger partial charge in [-0.15, -0.1) is 0 Å². The van der Waals surface area contributed by atoms with Crippen LogP contribution in [0, 0.1) is 10.1 Å². The molecule has 0 spiro atoms. The van der Waals surface area contributed by atoms with E-state index in [0.29, 0.717) is 0 Å². The summed E-state index contributed by atoms with van der Waals surface area (Å²) in [6, 6.07) is 2.72. The predicted molar refractivity (Wildman–Crippen MR) is 52.6 cm³/mol. The van der Waals surface area contributed by atoms with Crippen LogP contribution in [0.5, 0.6) is 5.75 Å². The van der Waals surface area contributed by atoms with Gasteiger partial charge in [-0.25, -0.2) is 0 Å². The Morgan fingerprint density at radius 3 is 2.62 bits per heavy atom. The van der Waals surface area contributed by atoms with E-state index in [4.69, 9.17) is 4.74 Å². The third-order valence-corrected chi connectivity index (χ3v) is 2.22. The van der Waals surface area contributed by atoms with Crippen LogP contribution in [0.3, 0.4) is 0 Å². The van der Waals surface area contributed by atoms with Gasteiger partial charge < -0.3 is 10.1 Å². The number of hydrogen-bond donors (Lipinski definition) is 1. The van der Waals surface area contributed by atoms with Crippen molar-refractivity contribution in [2.75, 3.05) is 12.4 Å². The van der Waals surface area contributed by atoms with Crippen molar-refractivity contribution in [3.05, 3.63) is 27.8 Å². The summed E-state index contributed by atoms with van der Waals surface area (Å²) in [6.45, 7) is 0. The minimum absolute atomic E-state index is 0.0476. The predicted octanol–water partition coefficient (Wildman–Crippen LogP) is 0.738. The van der Waals surface area contributed by atoms with Crippen LogP contribution in [-0.4, -0.2) is 23.7 Å². The molecule has 0 bridgehead atoms. The van der Waals surface area contributed by atoms with Crippen molar-refractivity contribution in [3.8, 4) is 5.75 Å². The molecule has 0 saturated carbocycles. The van der Waals surface area contributed by atoms with Gasteiger partial charge in [0.25, 0.3) is 11.7 Å². The Labute approximate surface area is 89.2 Å². The van der Waals surface area contributed by atoms with Gasteiger partial charge in [-0.2, -0.15) is 0 Å². The number of nitrogens with zero attached hydrogens (tertiary/aromatic N) is 1. The molecule has 0 aromatic heterocycles. The minimum Gasteiger partial charge on any atom is -0.490 e. The number of benzene rings is 1. The summed E-state index contributed by atoms with van der Waals surface area (Å²) in [6.07, 6.45) is 0. The number of nitro benzene ring substituents is 1. The van der Waals surface area contributed by atoms with E-state index in [1.807, 2.05) is 0 Å². The van der Waals surface area contributed by atoms with Gasteiger partial charge in [-0.3, -0.25) is 19.7 Å². The number of carbonyl (C=O) groups excluding carboxylic acids is 2. The maximum Gasteiger partial charge on any atom is 0.324 e. The molecular weight excluding hydrogens is 216 g/mol. The lowest BCUT2D eigenvalue weighted by atomic mass is 10.1. The molecule has 1 aliphatic heterocycles. The Morgan fingerprint density at radius 2 is 2.06 bits per heavy atom. The van der Waals surface area contributed by atoms with Gasteiger partial charge in [-0.05, 0) is 12.1 Å². The summed E-state index contributed by atoms with van der Waals surface area (Å²) in [7, 11) is 1.25. The van der Waals surface area contributed by atoms with E-state index < -0.39 is 22.3 Å². The Balaban J connectivity index is 2.75. The highest BCUT2D eigenvalue weighted by molar-refractivity contribution is 6.52. The molecule has 1 heterocycles. The van der Waals surface area contributed by atoms with E-state index in [1.54, 1.807) is 0 Å². The summed E-state index contributed by atoms with van der Waals surface area (Å²) in [4.78, 5) is 32.6. The van der Waals surface area contributed by atoms with Gasteiger partial charge in [0.2, 0.25) is 0 Å². The lowest BCUT2D eigenvalue weighted by Crippen LogP contribution is -2.13. The van der Waals surface area contributed by atoms with Crippen LogP contribution >= 0.6 is 0 Å². The van der Waals surface area contributed by atoms with Crippen molar-refractivity contribution in [2.24, 2.45) is 0 Å². The molecular formula is C9H6N2O5. The Bertz CT molecular complexity index is 523. The number of Topliss-reactive ketones (excluding diaryl/α,β-unsaturated/α-hetero) is 1. The molecule has 0 fully saturated rings. The van der Waals surface area contributed by atoms with Crippen LogP contribution in [0.1, 0.15) is 10.4 Å². The zero-order valence-electron chi connectivity index (χ0n) is 8.14. The summed E-state index contributed by atoms with van der Waals surface area (Å²) in [5, 5.41) is 13.1. The lowest BCUT2D eigenvalue weighted by Gasteiger charge is -2.03. The fourth-order valence-electron chi connectivity index (χ4n) is 1.54. The van der Waals surface area contributed by atoms with Crippen molar-refractivity contribution in [1.82, 2.24) is 0 Å². The number of rotatable bonds is 2. The average molecular weight is 222 g/mol. The topological polar surface area (TPSA) is 98.5 Å². The second kappa shape index (κ2) is 3.30. The average Bonchev–Trinajstić information content (AvgIpc) is 2.53. The molecule has 0 saturated heterocycles. The van der Waals surface area contributed by atoms with Crippen LogP contribution in [0.2, 0.25) is 0 Å². The van der Waals surface area contributed by atoms with E-state index in [-0.39, 0.29) is 17.0 Å². The Kier molecular flexibility index (Phi) is 2.08. The van der Waals surface area contributed by atoms with E-state index >= 15 is 0 Å². The zero-order chi connectivity index (χ0) is 11.9. The largest absolute Gasteiger partial charge is 0.490 e. The number of anilines is 1. The molecule has 82 valence electrons. The maximum atomic E-state index is 11.4. The number of carbonyl (C=O) groups is 2. The fourth-order valence-corrected chi connectivity index (χ4v) is 1.54. The third kappa shape index (κ3) is 1.22. The SMILES string of the molecule is COc1ccc2c(c1[N+](=O)[O-])C(=O)C(=O)N2. The molecule has 1 N–H and O–H groups in total. The van der Waals surface area contributed by atoms with Crippen molar-refractivity contribution in [1.29, 1.82) is 0 Å². The van der Waals surface area contributed by atoms with E-state index in [1.165, 1.54) is 19.2 Å². The molecule has 1 aliphatic rings. The third-order valence-electron chi connectivity index (χ3n) is 2.22. The van der Waals surface area contributed by atoms with Crippen molar-refractivity contribution < 1.29 is 19.2 Å². The van der Waals surface area contributed by atoms with Crippen molar-refractivity contribution >= 4 is 23.1 Å². The van der Waals surface area contributed by atoms with Crippen LogP contribution in [0.15, 0.2) is 12.1 Å². The second-order valence-electron chi connectivity index (χ2n) is 3.08. The molecule has 7 nitrogen and oxygen atoms in total. The van der Waals surface area contributed by atoms with Crippen molar-refractivity contribution in [3.63, 3.8) is 0 Å². The highest BCUT2D eigenvalue weighted by Gasteiger charge is 2.37. The first-order chi connectivity index (χ1) is 7.56. The van der Waals surface area contributed by atoms with Crippen LogP contribution in [0.4, 0.5) is 11.4 Å². The molecule has 1 aromatic carbocycles. The number of fused-ring (bicyclic) bond motifs is 1. The summed E-state index contributed by atoms with van der Waals surface area (Å²) in [5.74, 6) is -1.83. The quantitative estimate of drug-likeness (QED) is 0.452.